The number of hydrogen-bond donors (Lipinski definition) is 4. The summed E-state index contributed by atoms with van der Waals surface area (Å²) in [6.07, 6.45) is 1.01. The summed E-state index contributed by atoms with van der Waals surface area (Å²) >= 11 is 0. The summed E-state index contributed by atoms with van der Waals surface area (Å²) in [5, 5.41) is 9.60. The highest BCUT2D eigenvalue weighted by atomic mass is 16.5. The number of benzene rings is 4. The van der Waals surface area contributed by atoms with Crippen molar-refractivity contribution in [2.45, 2.75) is 71.1 Å². The predicted octanol–water partition coefficient (Wildman–Crippen LogP) is 7.37. The van der Waals surface area contributed by atoms with E-state index in [1.807, 2.05) is 49.6 Å². The molecule has 4 aromatic carbocycles. The molecule has 2 aliphatic heterocycles. The number of rotatable bonds is 11. The first-order valence-electron chi connectivity index (χ1n) is 21.0. The van der Waals surface area contributed by atoms with E-state index in [0.29, 0.717) is 31.9 Å². The fraction of sp³-hybridized carbons (Fsp3) is 0.435. The predicted molar refractivity (Wildman–Crippen MR) is 233 cm³/mol. The summed E-state index contributed by atoms with van der Waals surface area (Å²) < 4.78 is 15.1. The quantitative estimate of drug-likeness (QED) is 0.104. The molecule has 2 saturated heterocycles. The minimum absolute atomic E-state index is 0.111. The first-order valence-corrected chi connectivity index (χ1v) is 21.0. The number of nitrogens with one attached hydrogen (secondary N) is 4. The number of alkyl carbamates (subject to hydrolysis) is 2. The van der Waals surface area contributed by atoms with Gasteiger partial charge in [-0.1, -0.05) is 64.1 Å². The minimum Gasteiger partial charge on any atom is -0.453 e. The van der Waals surface area contributed by atoms with Crippen LogP contribution in [0.4, 0.5) is 9.59 Å². The maximum absolute atomic E-state index is 14.0. The molecular weight excluding hydrogens is 777 g/mol. The van der Waals surface area contributed by atoms with Gasteiger partial charge in [-0.05, 0) is 77.3 Å². The summed E-state index contributed by atoms with van der Waals surface area (Å²) in [6.45, 7) is 9.19. The lowest BCUT2D eigenvalue weighted by molar-refractivity contribution is -0.136. The van der Waals surface area contributed by atoms with Crippen molar-refractivity contribution in [3.8, 4) is 11.1 Å². The van der Waals surface area contributed by atoms with Crippen LogP contribution in [0.15, 0.2) is 60.7 Å². The van der Waals surface area contributed by atoms with Crippen molar-refractivity contribution in [2.75, 3.05) is 41.0 Å². The molecule has 0 spiro atoms. The van der Waals surface area contributed by atoms with Crippen LogP contribution in [0.2, 0.25) is 0 Å². The molecule has 0 aliphatic carbocycles. The van der Waals surface area contributed by atoms with Crippen LogP contribution >= 0.6 is 0 Å². The number of carbonyl (C=O) groups excluding carboxylic acids is 4. The van der Waals surface area contributed by atoms with E-state index in [-0.39, 0.29) is 41.7 Å². The second kappa shape index (κ2) is 17.0. The molecule has 8 rings (SSSR count). The van der Waals surface area contributed by atoms with E-state index in [4.69, 9.17) is 24.2 Å². The number of hydrogen-bond acceptors (Lipinski definition) is 9. The van der Waals surface area contributed by atoms with Crippen molar-refractivity contribution in [3.05, 3.63) is 72.3 Å². The van der Waals surface area contributed by atoms with Crippen LogP contribution in [-0.2, 0) is 23.8 Å². The standard InChI is InChI=1S/C46H54N8O7/c1-24(2)37(51-45(57)60-6)43(55)53-18-8-9-35(53)41-47-33-16-12-29-20-27(10-14-31(29)39(33)49-41)28-11-15-32-30(21-28)13-17-34-40(32)50-42(48-34)36-19-26(23-59-5)22-54(36)44(56)38(25(3)4)52-46(58)61-7/h10-17,20-21,24-26,35-38H,8-9,18-19,22-23H2,1-7H3,(H,47,49)(H,48,50)(H,51,57)(H,52,58)/t26-,35-,36-,37-,38-/m0/s1. The monoisotopic (exact) mass is 830 g/mol. The second-order valence-electron chi connectivity index (χ2n) is 17.0. The average Bonchev–Trinajstić information content (AvgIpc) is 4.09. The number of aromatic amines is 2. The van der Waals surface area contributed by atoms with Crippen molar-refractivity contribution in [2.24, 2.45) is 17.8 Å². The number of nitrogens with zero attached hydrogens (tertiary/aromatic N) is 4. The molecular formula is C46H54N8O7. The van der Waals surface area contributed by atoms with Gasteiger partial charge in [0.25, 0.3) is 0 Å². The molecule has 61 heavy (non-hydrogen) atoms. The number of carbonyl (C=O) groups is 4. The summed E-state index contributed by atoms with van der Waals surface area (Å²) in [5.74, 6) is 0.952. The lowest BCUT2D eigenvalue weighted by Crippen LogP contribution is -2.51. The highest BCUT2D eigenvalue weighted by Crippen LogP contribution is 2.39. The van der Waals surface area contributed by atoms with E-state index in [9.17, 15) is 19.2 Å². The largest absolute Gasteiger partial charge is 0.453 e. The second-order valence-corrected chi connectivity index (χ2v) is 17.0. The topological polar surface area (TPSA) is 184 Å². The van der Waals surface area contributed by atoms with E-state index in [1.54, 1.807) is 7.11 Å². The van der Waals surface area contributed by atoms with Crippen LogP contribution in [0, 0.1) is 17.8 Å². The zero-order valence-corrected chi connectivity index (χ0v) is 35.7. The van der Waals surface area contributed by atoms with Crippen molar-refractivity contribution >= 4 is 67.6 Å². The van der Waals surface area contributed by atoms with Gasteiger partial charge in [-0.15, -0.1) is 0 Å². The van der Waals surface area contributed by atoms with E-state index >= 15 is 0 Å². The Balaban J connectivity index is 1.06. The molecule has 4 N–H and O–H groups in total. The average molecular weight is 831 g/mol. The third kappa shape index (κ3) is 7.94. The number of aromatic nitrogens is 4. The zero-order chi connectivity index (χ0) is 43.1. The molecule has 2 aromatic heterocycles. The highest BCUT2D eigenvalue weighted by Gasteiger charge is 2.42. The molecule has 0 bridgehead atoms. The number of amides is 4. The number of methoxy groups -OCH3 is 3. The van der Waals surface area contributed by atoms with Gasteiger partial charge < -0.3 is 44.6 Å². The smallest absolute Gasteiger partial charge is 0.407 e. The summed E-state index contributed by atoms with van der Waals surface area (Å²) in [5.41, 5.74) is 5.57. The minimum atomic E-state index is -0.750. The van der Waals surface area contributed by atoms with E-state index in [0.717, 1.165) is 73.4 Å². The SMILES string of the molecule is COC[C@H]1C[C@@H](c2nc3ccc4cc(-c5ccc6c(ccc7nc([C@@H]8CCCN8C(=O)[C@@H](NC(=O)OC)C(C)C)[nH]c76)c5)ccc4c3[nH]2)N(C(=O)[C@@H](NC(=O)OC)C(C)C)C1. The Morgan fingerprint density at radius 3 is 1.70 bits per heavy atom. The Morgan fingerprint density at radius 2 is 1.21 bits per heavy atom. The molecule has 320 valence electrons. The van der Waals surface area contributed by atoms with Gasteiger partial charge in [-0.3, -0.25) is 9.59 Å². The van der Waals surface area contributed by atoms with Crippen LogP contribution < -0.4 is 10.6 Å². The van der Waals surface area contributed by atoms with Gasteiger partial charge in [0.1, 0.15) is 23.7 Å². The van der Waals surface area contributed by atoms with E-state index in [1.165, 1.54) is 14.2 Å². The summed E-state index contributed by atoms with van der Waals surface area (Å²) in [6, 6.07) is 19.0. The van der Waals surface area contributed by atoms with Gasteiger partial charge in [0.05, 0.1) is 55.0 Å². The van der Waals surface area contributed by atoms with Crippen LogP contribution in [0.5, 0.6) is 0 Å². The maximum atomic E-state index is 14.0. The Hall–Kier alpha value is -6.22. The molecule has 2 fully saturated rings. The van der Waals surface area contributed by atoms with E-state index in [2.05, 4.69) is 69.1 Å². The number of fused-ring (bicyclic) bond motifs is 6. The van der Waals surface area contributed by atoms with Crippen molar-refractivity contribution in [1.82, 2.24) is 40.4 Å². The van der Waals surface area contributed by atoms with Crippen molar-refractivity contribution < 1.29 is 33.4 Å². The van der Waals surface area contributed by atoms with Gasteiger partial charge in [0.2, 0.25) is 11.8 Å². The molecule has 0 saturated carbocycles. The Kier molecular flexibility index (Phi) is 11.6. The molecule has 2 aliphatic rings. The number of likely N-dealkylation sites (tertiary alicyclic amines) is 2. The third-order valence-corrected chi connectivity index (χ3v) is 12.3. The fourth-order valence-corrected chi connectivity index (χ4v) is 9.19. The molecule has 15 nitrogen and oxygen atoms in total. The van der Waals surface area contributed by atoms with Crippen LogP contribution in [-0.4, -0.2) is 107 Å². The third-order valence-electron chi connectivity index (χ3n) is 12.3. The van der Waals surface area contributed by atoms with Gasteiger partial charge in [0, 0.05) is 36.9 Å². The first kappa shape index (κ1) is 41.5. The molecule has 4 heterocycles. The number of H-pyrrole nitrogens is 2. The maximum Gasteiger partial charge on any atom is 0.407 e. The Morgan fingerprint density at radius 1 is 0.705 bits per heavy atom. The van der Waals surface area contributed by atoms with Gasteiger partial charge in [-0.2, -0.15) is 0 Å². The van der Waals surface area contributed by atoms with Crippen molar-refractivity contribution in [1.29, 1.82) is 0 Å². The zero-order valence-electron chi connectivity index (χ0n) is 35.7. The first-order chi connectivity index (χ1) is 29.4. The van der Waals surface area contributed by atoms with E-state index < -0.39 is 24.3 Å². The molecule has 15 heteroatoms. The van der Waals surface area contributed by atoms with Gasteiger partial charge in [0.15, 0.2) is 0 Å². The number of ether oxygens (including phenoxy) is 3. The van der Waals surface area contributed by atoms with Gasteiger partial charge >= 0.3 is 12.2 Å². The van der Waals surface area contributed by atoms with Crippen LogP contribution in [0.1, 0.15) is 70.7 Å². The van der Waals surface area contributed by atoms with Gasteiger partial charge in [-0.25, -0.2) is 19.6 Å². The highest BCUT2D eigenvalue weighted by molar-refractivity contribution is 6.07. The van der Waals surface area contributed by atoms with Crippen molar-refractivity contribution in [3.63, 3.8) is 0 Å². The lowest BCUT2D eigenvalue weighted by Gasteiger charge is -2.30. The summed E-state index contributed by atoms with van der Waals surface area (Å²) in [4.78, 5) is 72.8. The lowest BCUT2D eigenvalue weighted by atomic mass is 9.98. The molecule has 0 unspecified atom stereocenters. The molecule has 0 radical (unpaired) electrons. The van der Waals surface area contributed by atoms with Crippen LogP contribution in [0.25, 0.3) is 54.7 Å². The summed E-state index contributed by atoms with van der Waals surface area (Å²) in [7, 11) is 4.25. The van der Waals surface area contributed by atoms with Crippen LogP contribution in [0.3, 0.4) is 0 Å². The molecule has 5 atom stereocenters. The molecule has 4 amide bonds. The fourth-order valence-electron chi connectivity index (χ4n) is 9.19. The Labute approximate surface area is 353 Å². The Bertz CT molecular complexity index is 2630. The normalized spacial score (nSPS) is 19.1. The number of imidazole rings is 2. The molecule has 6 aromatic rings.